The normalized spacial score (nSPS) is 11.1. The molecule has 2 amide bonds. The SMILES string of the molecule is CCCCCNC(=O)N(C)c1cccc(-c2ccc(C=C(OC)C(=O)OC)cc2OCCOCC)c1. The monoisotopic (exact) mass is 498 g/mol. The molecule has 0 bridgehead atoms. The summed E-state index contributed by atoms with van der Waals surface area (Å²) in [6.07, 6.45) is 4.74. The van der Waals surface area contributed by atoms with Gasteiger partial charge in [0.1, 0.15) is 12.4 Å². The molecule has 0 aliphatic carbocycles. The van der Waals surface area contributed by atoms with Gasteiger partial charge in [-0.3, -0.25) is 4.90 Å². The van der Waals surface area contributed by atoms with Gasteiger partial charge in [-0.05, 0) is 48.7 Å². The quantitative estimate of drug-likeness (QED) is 0.165. The molecule has 196 valence electrons. The van der Waals surface area contributed by atoms with E-state index in [9.17, 15) is 9.59 Å². The zero-order valence-electron chi connectivity index (χ0n) is 22.0. The van der Waals surface area contributed by atoms with Crippen LogP contribution >= 0.6 is 0 Å². The van der Waals surface area contributed by atoms with Crippen LogP contribution in [0.15, 0.2) is 48.2 Å². The number of carbonyl (C=O) groups is 2. The first kappa shape index (κ1) is 28.7. The highest BCUT2D eigenvalue weighted by Crippen LogP contribution is 2.34. The maximum atomic E-state index is 12.6. The summed E-state index contributed by atoms with van der Waals surface area (Å²) in [7, 11) is 4.47. The fraction of sp³-hybridized carbons (Fsp3) is 0.429. The summed E-state index contributed by atoms with van der Waals surface area (Å²) in [5.74, 6) is 0.135. The lowest BCUT2D eigenvalue weighted by Gasteiger charge is -2.20. The van der Waals surface area contributed by atoms with Crippen LogP contribution in [0, 0.1) is 0 Å². The third-order valence-corrected chi connectivity index (χ3v) is 5.50. The number of unbranched alkanes of at least 4 members (excludes halogenated alkanes) is 2. The molecule has 1 N–H and O–H groups in total. The van der Waals surface area contributed by atoms with Crippen LogP contribution in [0.25, 0.3) is 17.2 Å². The van der Waals surface area contributed by atoms with Crippen molar-refractivity contribution in [2.75, 3.05) is 52.5 Å². The van der Waals surface area contributed by atoms with Crippen LogP contribution in [0.2, 0.25) is 0 Å². The van der Waals surface area contributed by atoms with E-state index >= 15 is 0 Å². The van der Waals surface area contributed by atoms with Crippen LogP contribution in [0.3, 0.4) is 0 Å². The van der Waals surface area contributed by atoms with Gasteiger partial charge in [0.05, 0.1) is 20.8 Å². The fourth-order valence-electron chi connectivity index (χ4n) is 3.48. The van der Waals surface area contributed by atoms with Gasteiger partial charge in [-0.15, -0.1) is 0 Å². The van der Waals surface area contributed by atoms with Gasteiger partial charge >= 0.3 is 12.0 Å². The van der Waals surface area contributed by atoms with Crippen LogP contribution in [-0.2, 0) is 19.0 Å². The average Bonchev–Trinajstić information content (AvgIpc) is 2.91. The average molecular weight is 499 g/mol. The number of rotatable bonds is 14. The highest BCUT2D eigenvalue weighted by molar-refractivity contribution is 5.93. The van der Waals surface area contributed by atoms with E-state index in [-0.39, 0.29) is 11.8 Å². The van der Waals surface area contributed by atoms with Crippen molar-refractivity contribution >= 4 is 23.8 Å². The number of anilines is 1. The first-order chi connectivity index (χ1) is 17.4. The Hall–Kier alpha value is -3.52. The van der Waals surface area contributed by atoms with Crippen molar-refractivity contribution in [2.24, 2.45) is 0 Å². The summed E-state index contributed by atoms with van der Waals surface area (Å²) in [6, 6.07) is 13.2. The van der Waals surface area contributed by atoms with E-state index in [1.165, 1.54) is 14.2 Å². The van der Waals surface area contributed by atoms with Gasteiger partial charge in [0.15, 0.2) is 0 Å². The molecule has 0 fully saturated rings. The molecule has 0 aromatic heterocycles. The molecule has 2 aromatic rings. The molecule has 0 saturated carbocycles. The van der Waals surface area contributed by atoms with Crippen molar-refractivity contribution in [3.63, 3.8) is 0 Å². The van der Waals surface area contributed by atoms with Crippen molar-refractivity contribution in [3.8, 4) is 16.9 Å². The molecular weight excluding hydrogens is 460 g/mol. The second-order valence-corrected chi connectivity index (χ2v) is 8.05. The Balaban J connectivity index is 2.34. The minimum absolute atomic E-state index is 0.0825. The van der Waals surface area contributed by atoms with Crippen molar-refractivity contribution < 1.29 is 28.5 Å². The molecule has 0 radical (unpaired) electrons. The third kappa shape index (κ3) is 8.61. The van der Waals surface area contributed by atoms with Crippen molar-refractivity contribution in [1.29, 1.82) is 0 Å². The second-order valence-electron chi connectivity index (χ2n) is 8.05. The smallest absolute Gasteiger partial charge is 0.373 e. The summed E-state index contributed by atoms with van der Waals surface area (Å²) in [6.45, 7) is 6.12. The summed E-state index contributed by atoms with van der Waals surface area (Å²) >= 11 is 0. The molecule has 0 atom stereocenters. The first-order valence-corrected chi connectivity index (χ1v) is 12.3. The number of methoxy groups -OCH3 is 2. The van der Waals surface area contributed by atoms with Crippen LogP contribution in [0.1, 0.15) is 38.7 Å². The lowest BCUT2D eigenvalue weighted by atomic mass is 10.0. The minimum atomic E-state index is -0.566. The molecule has 2 rings (SSSR count). The molecular formula is C28H38N2O6. The summed E-state index contributed by atoms with van der Waals surface area (Å²) in [4.78, 5) is 26.1. The number of esters is 1. The van der Waals surface area contributed by atoms with Crippen LogP contribution in [0.5, 0.6) is 5.75 Å². The Morgan fingerprint density at radius 1 is 1.00 bits per heavy atom. The predicted molar refractivity (Wildman–Crippen MR) is 142 cm³/mol. The Kier molecular flexibility index (Phi) is 12.3. The molecule has 0 aliphatic rings. The Bertz CT molecular complexity index is 1020. The molecule has 36 heavy (non-hydrogen) atoms. The molecule has 0 aliphatic heterocycles. The van der Waals surface area contributed by atoms with Gasteiger partial charge in [-0.1, -0.05) is 44.0 Å². The predicted octanol–water partition coefficient (Wildman–Crippen LogP) is 5.27. The topological polar surface area (TPSA) is 86.3 Å². The number of carbonyl (C=O) groups excluding carboxylic acids is 2. The molecule has 8 nitrogen and oxygen atoms in total. The standard InChI is InChI=1S/C28H38N2O6/c1-6-8-9-15-29-28(32)30(3)23-12-10-11-22(20-23)24-14-13-21(19-26(33-4)27(31)34-5)18-25(24)36-17-16-35-7-2/h10-14,18-20H,6-9,15-17H2,1-5H3,(H,29,32). The molecule has 2 aromatic carbocycles. The zero-order chi connectivity index (χ0) is 26.3. The zero-order valence-corrected chi connectivity index (χ0v) is 22.0. The molecule has 0 heterocycles. The number of urea groups is 1. The highest BCUT2D eigenvalue weighted by atomic mass is 16.6. The lowest BCUT2D eigenvalue weighted by molar-refractivity contribution is -0.139. The summed E-state index contributed by atoms with van der Waals surface area (Å²) in [5, 5.41) is 2.96. The Morgan fingerprint density at radius 3 is 2.50 bits per heavy atom. The van der Waals surface area contributed by atoms with E-state index in [1.54, 1.807) is 18.0 Å². The first-order valence-electron chi connectivity index (χ1n) is 12.3. The van der Waals surface area contributed by atoms with Crippen LogP contribution < -0.4 is 15.0 Å². The second kappa shape index (κ2) is 15.5. The van der Waals surface area contributed by atoms with E-state index in [2.05, 4.69) is 12.2 Å². The molecule has 0 saturated heterocycles. The lowest BCUT2D eigenvalue weighted by Crippen LogP contribution is -2.37. The Morgan fingerprint density at radius 2 is 1.81 bits per heavy atom. The number of ether oxygens (including phenoxy) is 4. The summed E-state index contributed by atoms with van der Waals surface area (Å²) < 4.78 is 21.4. The van der Waals surface area contributed by atoms with E-state index in [4.69, 9.17) is 18.9 Å². The van der Waals surface area contributed by atoms with Crippen molar-refractivity contribution in [3.05, 3.63) is 53.8 Å². The van der Waals surface area contributed by atoms with Gasteiger partial charge < -0.3 is 24.3 Å². The van der Waals surface area contributed by atoms with E-state index in [1.807, 2.05) is 49.4 Å². The summed E-state index contributed by atoms with van der Waals surface area (Å²) in [5.41, 5.74) is 3.21. The van der Waals surface area contributed by atoms with Gasteiger partial charge in [-0.25, -0.2) is 9.59 Å². The third-order valence-electron chi connectivity index (χ3n) is 5.50. The van der Waals surface area contributed by atoms with E-state index in [0.29, 0.717) is 37.7 Å². The minimum Gasteiger partial charge on any atom is -0.491 e. The highest BCUT2D eigenvalue weighted by Gasteiger charge is 2.15. The number of amides is 2. The number of benzene rings is 2. The number of hydrogen-bond acceptors (Lipinski definition) is 6. The van der Waals surface area contributed by atoms with Crippen molar-refractivity contribution in [1.82, 2.24) is 5.32 Å². The molecule has 0 unspecified atom stereocenters. The maximum Gasteiger partial charge on any atom is 0.373 e. The van der Waals surface area contributed by atoms with E-state index in [0.717, 1.165) is 36.1 Å². The fourth-order valence-corrected chi connectivity index (χ4v) is 3.48. The largest absolute Gasteiger partial charge is 0.491 e. The van der Waals surface area contributed by atoms with Crippen molar-refractivity contribution in [2.45, 2.75) is 33.1 Å². The van der Waals surface area contributed by atoms with Gasteiger partial charge in [-0.2, -0.15) is 0 Å². The number of hydrogen-bond donors (Lipinski definition) is 1. The van der Waals surface area contributed by atoms with Gasteiger partial charge in [0.2, 0.25) is 5.76 Å². The maximum absolute atomic E-state index is 12.6. The number of nitrogens with zero attached hydrogens (tertiary/aromatic N) is 1. The molecule has 8 heteroatoms. The van der Waals surface area contributed by atoms with E-state index < -0.39 is 5.97 Å². The van der Waals surface area contributed by atoms with Crippen LogP contribution in [-0.4, -0.2) is 59.6 Å². The van der Waals surface area contributed by atoms with Gasteiger partial charge in [0.25, 0.3) is 0 Å². The number of nitrogens with one attached hydrogen (secondary N) is 1. The molecule has 0 spiro atoms. The van der Waals surface area contributed by atoms with Gasteiger partial charge in [0, 0.05) is 31.5 Å². The van der Waals surface area contributed by atoms with Crippen LogP contribution in [0.4, 0.5) is 10.5 Å². The Labute approximate surface area is 214 Å².